The van der Waals surface area contributed by atoms with Crippen molar-refractivity contribution in [2.75, 3.05) is 44.5 Å². The molecule has 3 aliphatic rings. The number of esters is 4. The Morgan fingerprint density at radius 2 is 0.802 bits per heavy atom. The standard InChI is InChI=1S/C13H13NO6.C13H11NO6.2C13H17NO3.C11H7NO6.C11H8O4.C2H6O.ClH/c2*1-2-19-13(16)7-9-6-11(15)10-5-8(14(17)18)3-4-12(10)20-9;2*1-2-16-13(15)8-11-5-3-9-7-10(14)4-6-12(9)17-11;13-9-4-7(5-11(14)15)18-10-2-1-6(12(16)17)3-8(9)10;12-9-5-7(6-11(13)14)15-10-4-2-1-3-8(9)10;1-2-3;/h3-5,9H,2,6-7H2,1H3;3-6H,2,7H2,1H3;2*4,6-7,11H,2-3,5,8,14H2,1H3;1-4H,5H2,(H,14,15);1-5H,6H2,(H,13,14);3H,2H2,1H3;1H/t9-;;2*11-;;;;/m0.00..../s1. The van der Waals surface area contributed by atoms with E-state index in [4.69, 9.17) is 73.2 Å². The van der Waals surface area contributed by atoms with Gasteiger partial charge in [-0.15, -0.1) is 12.4 Å². The van der Waals surface area contributed by atoms with E-state index < -0.39 is 62.0 Å². The number of ether oxygens (including phenoxy) is 7. The molecule has 6 aromatic carbocycles. The SMILES string of the molecule is CCO.CCOC(=O)C[C@@H]1CC(=O)c2cc([N+](=O)[O-])ccc2O1.CCOC(=O)C[C@@H]1CCc2cc(N)ccc2O1.CCOC(=O)C[C@@H]1CCc2cc(N)ccc2O1.CCOC(=O)Cc1cc(=O)c2cc([N+](=O)[O-])ccc2o1.Cl.O=C(O)Cc1cc(=O)c2cc([N+](=O)[O-])ccc2o1.O=C(O)Cc1cc(=O)c2ccccc2o1. The van der Waals surface area contributed by atoms with Gasteiger partial charge in [0.1, 0.15) is 88.9 Å². The number of carboxylic acids is 2. The molecule has 0 saturated carbocycles. The third-order valence-corrected chi connectivity index (χ3v) is 15.4. The number of nitrogen functional groups attached to an aromatic ring is 2. The Morgan fingerprint density at radius 3 is 1.22 bits per heavy atom. The number of benzene rings is 6. The summed E-state index contributed by atoms with van der Waals surface area (Å²) in [4.78, 5) is 144. The number of para-hydroxylation sites is 1. The molecule has 3 aromatic heterocycles. The fourth-order valence-electron chi connectivity index (χ4n) is 10.7. The number of ketones is 1. The van der Waals surface area contributed by atoms with Crippen LogP contribution in [0.25, 0.3) is 32.9 Å². The van der Waals surface area contributed by atoms with E-state index in [-0.39, 0.29) is 161 Å². The molecule has 0 fully saturated rings. The number of nitro benzene ring substituents is 3. The lowest BCUT2D eigenvalue weighted by Gasteiger charge is -2.25. The third kappa shape index (κ3) is 27.9. The predicted molar refractivity (Wildman–Crippen MR) is 401 cm³/mol. The van der Waals surface area contributed by atoms with Crippen molar-refractivity contribution >= 4 is 115 Å². The van der Waals surface area contributed by atoms with Crippen molar-refractivity contribution in [3.05, 3.63) is 228 Å². The Balaban J connectivity index is 0.000000237. The van der Waals surface area contributed by atoms with E-state index in [1.807, 2.05) is 36.4 Å². The molecular weight excluding hydrogens is 1480 g/mol. The van der Waals surface area contributed by atoms with Crippen LogP contribution in [0.3, 0.4) is 0 Å². The number of aliphatic hydroxyl groups excluding tert-OH is 1. The van der Waals surface area contributed by atoms with Crippen molar-refractivity contribution in [3.8, 4) is 17.2 Å². The summed E-state index contributed by atoms with van der Waals surface area (Å²) in [6.07, 6.45) is 2.47. The monoisotopic (exact) mass is 1560 g/mol. The van der Waals surface area contributed by atoms with Gasteiger partial charge in [0.15, 0.2) is 22.1 Å². The molecule has 0 aliphatic carbocycles. The Bertz CT molecular complexity index is 4940. The predicted octanol–water partition coefficient (Wildman–Crippen LogP) is 10.7. The van der Waals surface area contributed by atoms with Crippen LogP contribution in [0.1, 0.15) is 112 Å². The van der Waals surface area contributed by atoms with E-state index >= 15 is 0 Å². The number of carbonyl (C=O) groups is 7. The third-order valence-electron chi connectivity index (χ3n) is 15.4. The molecule has 590 valence electrons. The Morgan fingerprint density at radius 1 is 0.450 bits per heavy atom. The van der Waals surface area contributed by atoms with Gasteiger partial charge in [-0.3, -0.25) is 78.3 Å². The molecule has 7 N–H and O–H groups in total. The van der Waals surface area contributed by atoms with E-state index in [1.54, 1.807) is 58.9 Å². The highest BCUT2D eigenvalue weighted by molar-refractivity contribution is 6.01. The zero-order valence-corrected chi connectivity index (χ0v) is 61.4. The number of halogens is 1. The average molecular weight is 1560 g/mol. The molecule has 0 unspecified atom stereocenters. The van der Waals surface area contributed by atoms with Crippen LogP contribution in [0.15, 0.2) is 161 Å². The molecule has 111 heavy (non-hydrogen) atoms. The highest BCUT2D eigenvalue weighted by Gasteiger charge is 2.31. The molecule has 0 saturated heterocycles. The van der Waals surface area contributed by atoms with Gasteiger partial charge in [0.05, 0.1) is 82.2 Å². The van der Waals surface area contributed by atoms with Crippen molar-refractivity contribution in [2.45, 2.75) is 124 Å². The maximum absolute atomic E-state index is 12.0. The first-order valence-electron chi connectivity index (χ1n) is 34.1. The van der Waals surface area contributed by atoms with Crippen LogP contribution in [-0.4, -0.2) is 123 Å². The Hall–Kier alpha value is -13.1. The van der Waals surface area contributed by atoms with Crippen LogP contribution in [0.4, 0.5) is 28.4 Å². The van der Waals surface area contributed by atoms with Crippen LogP contribution < -0.4 is 42.0 Å². The van der Waals surface area contributed by atoms with Crippen molar-refractivity contribution in [3.63, 3.8) is 0 Å². The number of fused-ring (bicyclic) bond motifs is 6. The van der Waals surface area contributed by atoms with Crippen LogP contribution in [0.2, 0.25) is 0 Å². The van der Waals surface area contributed by atoms with Gasteiger partial charge in [0.2, 0.25) is 0 Å². The lowest BCUT2D eigenvalue weighted by molar-refractivity contribution is -0.385. The second-order valence-corrected chi connectivity index (χ2v) is 23.7. The zero-order chi connectivity index (χ0) is 80.7. The number of hydrogen-bond donors (Lipinski definition) is 5. The summed E-state index contributed by atoms with van der Waals surface area (Å²) in [6, 6.07) is 32.5. The molecule has 0 spiro atoms. The highest BCUT2D eigenvalue weighted by atomic mass is 35.5. The molecule has 35 heteroatoms. The minimum atomic E-state index is -1.13. The summed E-state index contributed by atoms with van der Waals surface area (Å²) in [6.45, 7) is 10.2. The van der Waals surface area contributed by atoms with Gasteiger partial charge in [0, 0.05) is 79.0 Å². The minimum absolute atomic E-state index is 0. The van der Waals surface area contributed by atoms with Crippen LogP contribution in [0.5, 0.6) is 17.2 Å². The quantitative estimate of drug-likeness (QED) is 0.0165. The highest BCUT2D eigenvalue weighted by Crippen LogP contribution is 2.34. The number of aryl methyl sites for hydroxylation is 2. The van der Waals surface area contributed by atoms with Gasteiger partial charge in [-0.2, -0.15) is 0 Å². The number of anilines is 2. The summed E-state index contributed by atoms with van der Waals surface area (Å²) in [7, 11) is 0. The lowest BCUT2D eigenvalue weighted by Crippen LogP contribution is -2.29. The van der Waals surface area contributed by atoms with E-state index in [9.17, 15) is 78.3 Å². The number of Topliss-reactive ketones (excluding diaryl/α,β-unsaturated/α-hetero) is 1. The van der Waals surface area contributed by atoms with Gasteiger partial charge < -0.3 is 73.2 Å². The smallest absolute Gasteiger partial charge is 0.313 e. The molecule has 3 aliphatic heterocycles. The molecule has 9 aromatic rings. The topological polar surface area (TPSA) is 517 Å². The van der Waals surface area contributed by atoms with E-state index in [1.165, 1.54) is 48.5 Å². The number of aliphatic carboxylic acids is 2. The minimum Gasteiger partial charge on any atom is -0.490 e. The normalized spacial score (nSPS) is 13.7. The Kier molecular flexibility index (Phi) is 34.8. The Labute approximate surface area is 636 Å². The molecule has 0 radical (unpaired) electrons. The second kappa shape index (κ2) is 43.6. The van der Waals surface area contributed by atoms with Gasteiger partial charge in [-0.25, -0.2) is 0 Å². The molecule has 0 bridgehead atoms. The first kappa shape index (κ1) is 88.5. The van der Waals surface area contributed by atoms with Crippen molar-refractivity contribution in [2.24, 2.45) is 0 Å². The maximum atomic E-state index is 12.0. The number of carbonyl (C=O) groups excluding carboxylic acids is 5. The summed E-state index contributed by atoms with van der Waals surface area (Å²) in [5.41, 5.74) is 14.3. The van der Waals surface area contributed by atoms with Crippen LogP contribution in [-0.2, 0) is 79.8 Å². The van der Waals surface area contributed by atoms with Crippen molar-refractivity contribution in [1.29, 1.82) is 0 Å². The number of nitrogens with two attached hydrogens (primary N) is 2. The molecule has 12 rings (SSSR count). The van der Waals surface area contributed by atoms with E-state index in [0.29, 0.717) is 37.0 Å². The number of non-ortho nitro benzene ring substituents is 3. The van der Waals surface area contributed by atoms with Gasteiger partial charge in [-0.05, 0) is 138 Å². The van der Waals surface area contributed by atoms with Crippen molar-refractivity contribution < 1.29 is 110 Å². The van der Waals surface area contributed by atoms with Gasteiger partial charge in [0.25, 0.3) is 17.1 Å². The van der Waals surface area contributed by atoms with Crippen molar-refractivity contribution in [1.82, 2.24) is 0 Å². The summed E-state index contributed by atoms with van der Waals surface area (Å²) >= 11 is 0. The molecule has 6 heterocycles. The van der Waals surface area contributed by atoms with Gasteiger partial charge in [-0.1, -0.05) is 12.1 Å². The number of carboxylic acid groups (broad SMARTS) is 2. The number of aliphatic hydroxyl groups is 1. The number of nitro groups is 3. The van der Waals surface area contributed by atoms with Gasteiger partial charge >= 0.3 is 35.8 Å². The fourth-order valence-corrected chi connectivity index (χ4v) is 10.7. The van der Waals surface area contributed by atoms with Crippen LogP contribution in [0, 0.1) is 30.3 Å². The average Bonchev–Trinajstić information content (AvgIpc) is 0.806. The number of nitrogens with zero attached hydrogens (tertiary/aromatic N) is 3. The summed E-state index contributed by atoms with van der Waals surface area (Å²) < 4.78 is 52.2. The largest absolute Gasteiger partial charge is 0.490 e. The summed E-state index contributed by atoms with van der Waals surface area (Å²) in [5.74, 6) is -1.48. The second-order valence-electron chi connectivity index (χ2n) is 23.7. The summed E-state index contributed by atoms with van der Waals surface area (Å²) in [5, 5.41) is 57.2. The lowest BCUT2D eigenvalue weighted by atomic mass is 9.98. The van der Waals surface area contributed by atoms with E-state index in [0.717, 1.165) is 83.9 Å². The molecule has 0 amide bonds. The first-order valence-corrected chi connectivity index (χ1v) is 34.1. The maximum Gasteiger partial charge on any atom is 0.313 e. The molecule has 34 nitrogen and oxygen atoms in total. The molecular formula is C76H80ClN5O29. The number of hydrogen-bond acceptors (Lipinski definition) is 29. The number of rotatable bonds is 19. The van der Waals surface area contributed by atoms with E-state index in [2.05, 4.69) is 0 Å². The first-order chi connectivity index (χ1) is 52.4. The molecule has 3 atom stereocenters. The fraction of sp³-hybridized carbons (Fsp3) is 0.316. The van der Waals surface area contributed by atoms with Crippen LogP contribution >= 0.6 is 12.4 Å². The zero-order valence-electron chi connectivity index (χ0n) is 60.6.